The molecule has 6 nitrogen and oxygen atoms in total. The topological polar surface area (TPSA) is 63.4 Å². The van der Waals surface area contributed by atoms with Gasteiger partial charge in [-0.1, -0.05) is 13.3 Å². The van der Waals surface area contributed by atoms with Gasteiger partial charge in [0.15, 0.2) is 0 Å². The second-order valence-electron chi connectivity index (χ2n) is 7.71. The van der Waals surface area contributed by atoms with Crippen molar-refractivity contribution in [2.75, 3.05) is 0 Å². The first-order chi connectivity index (χ1) is 12.1. The molecule has 1 amide bonds. The van der Waals surface area contributed by atoms with E-state index in [9.17, 15) is 4.79 Å². The molecule has 4 rings (SSSR count). The summed E-state index contributed by atoms with van der Waals surface area (Å²) in [6.07, 6.45) is 8.18. The lowest BCUT2D eigenvalue weighted by Gasteiger charge is -2.36. The Morgan fingerprint density at radius 3 is 2.36 bits per heavy atom. The molecule has 134 valence electrons. The van der Waals surface area contributed by atoms with Crippen LogP contribution in [0.25, 0.3) is 5.78 Å². The highest BCUT2D eigenvalue weighted by atomic mass is 16.2. The lowest BCUT2D eigenvalue weighted by atomic mass is 9.84. The molecule has 2 heterocycles. The van der Waals surface area contributed by atoms with Gasteiger partial charge in [0.1, 0.15) is 0 Å². The molecule has 0 bridgehead atoms. The van der Waals surface area contributed by atoms with Gasteiger partial charge in [-0.3, -0.25) is 4.79 Å². The fourth-order valence-electron chi connectivity index (χ4n) is 4.19. The van der Waals surface area contributed by atoms with Crippen LogP contribution in [0, 0.1) is 19.8 Å². The number of fused-ring (bicyclic) bond motifs is 1. The second kappa shape index (κ2) is 6.39. The largest absolute Gasteiger partial charge is 0.330 e. The number of amides is 1. The predicted molar refractivity (Wildman–Crippen MR) is 95.5 cm³/mol. The Morgan fingerprint density at radius 2 is 1.76 bits per heavy atom. The molecule has 0 aromatic carbocycles. The smallest absolute Gasteiger partial charge is 0.294 e. The number of carbonyl (C=O) groups is 1. The lowest BCUT2D eigenvalue weighted by molar-refractivity contribution is 0.0575. The Bertz CT molecular complexity index is 786. The van der Waals surface area contributed by atoms with Crippen molar-refractivity contribution >= 4 is 11.7 Å². The molecule has 0 atom stereocenters. The van der Waals surface area contributed by atoms with E-state index in [1.165, 1.54) is 19.3 Å². The highest BCUT2D eigenvalue weighted by Crippen LogP contribution is 2.36. The summed E-state index contributed by atoms with van der Waals surface area (Å²) in [5, 5.41) is 4.46. The zero-order valence-corrected chi connectivity index (χ0v) is 15.4. The number of nitrogens with zero attached hydrogens (tertiary/aromatic N) is 5. The standard InChI is InChI=1S/C19H27N5O/c1-4-14-5-7-15(8-6-14)23(16-9-10-16)18(25)17-21-19-20-12(2)11-13(3)24(19)22-17/h11,14-16H,4-10H2,1-3H3. The zero-order chi connectivity index (χ0) is 17.6. The van der Waals surface area contributed by atoms with Gasteiger partial charge in [-0.2, -0.15) is 4.98 Å². The summed E-state index contributed by atoms with van der Waals surface area (Å²) in [5.41, 5.74) is 1.85. The minimum absolute atomic E-state index is 0.00926. The number of rotatable bonds is 4. The predicted octanol–water partition coefficient (Wildman–Crippen LogP) is 3.31. The molecule has 2 saturated carbocycles. The summed E-state index contributed by atoms with van der Waals surface area (Å²) >= 11 is 0. The van der Waals surface area contributed by atoms with Gasteiger partial charge in [0, 0.05) is 23.5 Å². The highest BCUT2D eigenvalue weighted by molar-refractivity contribution is 5.91. The van der Waals surface area contributed by atoms with Crippen LogP contribution in [-0.4, -0.2) is 42.5 Å². The highest BCUT2D eigenvalue weighted by Gasteiger charge is 2.40. The number of hydrogen-bond donors (Lipinski definition) is 0. The van der Waals surface area contributed by atoms with E-state index in [0.717, 1.165) is 43.0 Å². The van der Waals surface area contributed by atoms with E-state index in [1.807, 2.05) is 19.9 Å². The second-order valence-corrected chi connectivity index (χ2v) is 7.71. The molecule has 2 fully saturated rings. The molecule has 2 aromatic rings. The van der Waals surface area contributed by atoms with Crippen LogP contribution in [0.5, 0.6) is 0 Å². The van der Waals surface area contributed by atoms with Crippen LogP contribution < -0.4 is 0 Å². The lowest BCUT2D eigenvalue weighted by Crippen LogP contribution is -2.44. The first-order valence-electron chi connectivity index (χ1n) is 9.60. The maximum absolute atomic E-state index is 13.2. The van der Waals surface area contributed by atoms with Crippen molar-refractivity contribution < 1.29 is 4.79 Å². The molecule has 0 radical (unpaired) electrons. The third kappa shape index (κ3) is 3.14. The summed E-state index contributed by atoms with van der Waals surface area (Å²) in [4.78, 5) is 24.2. The molecule has 2 aliphatic rings. The van der Waals surface area contributed by atoms with Gasteiger partial charge in [0.25, 0.3) is 11.7 Å². The molecule has 25 heavy (non-hydrogen) atoms. The normalized spacial score (nSPS) is 23.8. The van der Waals surface area contributed by atoms with E-state index in [1.54, 1.807) is 4.52 Å². The minimum Gasteiger partial charge on any atom is -0.330 e. The van der Waals surface area contributed by atoms with Gasteiger partial charge in [-0.15, -0.1) is 5.10 Å². The first kappa shape index (κ1) is 16.5. The average molecular weight is 341 g/mol. The number of aryl methyl sites for hydroxylation is 2. The molecule has 2 aliphatic carbocycles. The number of carbonyl (C=O) groups excluding carboxylic acids is 1. The molecule has 2 aromatic heterocycles. The summed E-state index contributed by atoms with van der Waals surface area (Å²) < 4.78 is 1.68. The summed E-state index contributed by atoms with van der Waals surface area (Å²) in [7, 11) is 0. The number of aromatic nitrogens is 4. The van der Waals surface area contributed by atoms with Gasteiger partial charge < -0.3 is 4.90 Å². The Kier molecular flexibility index (Phi) is 4.21. The van der Waals surface area contributed by atoms with Gasteiger partial charge in [-0.25, -0.2) is 9.50 Å². The third-order valence-corrected chi connectivity index (χ3v) is 5.77. The van der Waals surface area contributed by atoms with E-state index in [4.69, 9.17) is 0 Å². The molecule has 0 saturated heterocycles. The maximum Gasteiger partial charge on any atom is 0.294 e. The van der Waals surface area contributed by atoms with Crippen molar-refractivity contribution in [1.82, 2.24) is 24.5 Å². The van der Waals surface area contributed by atoms with E-state index < -0.39 is 0 Å². The van der Waals surface area contributed by atoms with Gasteiger partial charge in [0.2, 0.25) is 5.82 Å². The fourth-order valence-corrected chi connectivity index (χ4v) is 4.19. The third-order valence-electron chi connectivity index (χ3n) is 5.77. The van der Waals surface area contributed by atoms with Crippen LogP contribution in [0.2, 0.25) is 0 Å². The van der Waals surface area contributed by atoms with Crippen molar-refractivity contribution in [3.05, 3.63) is 23.3 Å². The Hall–Kier alpha value is -1.98. The van der Waals surface area contributed by atoms with Crippen molar-refractivity contribution in [2.45, 2.75) is 77.8 Å². The van der Waals surface area contributed by atoms with E-state index >= 15 is 0 Å². The van der Waals surface area contributed by atoms with Crippen LogP contribution in [0.15, 0.2) is 6.07 Å². The zero-order valence-electron chi connectivity index (χ0n) is 15.4. The van der Waals surface area contributed by atoms with Crippen molar-refractivity contribution in [3.8, 4) is 0 Å². The van der Waals surface area contributed by atoms with E-state index in [0.29, 0.717) is 23.7 Å². The van der Waals surface area contributed by atoms with E-state index in [2.05, 4.69) is 26.9 Å². The van der Waals surface area contributed by atoms with Gasteiger partial charge in [-0.05, 0) is 64.4 Å². The minimum atomic E-state index is -0.00926. The van der Waals surface area contributed by atoms with Crippen LogP contribution >= 0.6 is 0 Å². The SMILES string of the molecule is CCC1CCC(N(C(=O)c2nc3nc(C)cc(C)n3n2)C2CC2)CC1. The molecule has 0 spiro atoms. The molecule has 0 unspecified atom stereocenters. The van der Waals surface area contributed by atoms with Crippen LogP contribution in [0.1, 0.15) is 73.9 Å². The van der Waals surface area contributed by atoms with E-state index in [-0.39, 0.29) is 5.91 Å². The Balaban J connectivity index is 1.60. The molecule has 0 N–H and O–H groups in total. The van der Waals surface area contributed by atoms with Gasteiger partial charge >= 0.3 is 0 Å². The Morgan fingerprint density at radius 1 is 1.12 bits per heavy atom. The first-order valence-corrected chi connectivity index (χ1v) is 9.60. The van der Waals surface area contributed by atoms with Crippen LogP contribution in [0.4, 0.5) is 0 Å². The maximum atomic E-state index is 13.2. The Labute approximate surface area is 148 Å². The van der Waals surface area contributed by atoms with Crippen molar-refractivity contribution in [3.63, 3.8) is 0 Å². The molecule has 6 heteroatoms. The van der Waals surface area contributed by atoms with Crippen LogP contribution in [-0.2, 0) is 0 Å². The molecular formula is C19H27N5O. The molecule has 0 aliphatic heterocycles. The summed E-state index contributed by atoms with van der Waals surface area (Å²) in [6.45, 7) is 6.17. The average Bonchev–Trinajstić information content (AvgIpc) is 3.33. The van der Waals surface area contributed by atoms with Crippen molar-refractivity contribution in [1.29, 1.82) is 0 Å². The summed E-state index contributed by atoms with van der Waals surface area (Å²) in [5.74, 6) is 1.64. The molecular weight excluding hydrogens is 314 g/mol. The summed E-state index contributed by atoms with van der Waals surface area (Å²) in [6, 6.07) is 2.70. The monoisotopic (exact) mass is 341 g/mol. The quantitative estimate of drug-likeness (QED) is 0.856. The fraction of sp³-hybridized carbons (Fsp3) is 0.684. The van der Waals surface area contributed by atoms with Crippen LogP contribution in [0.3, 0.4) is 0 Å². The number of hydrogen-bond acceptors (Lipinski definition) is 4. The van der Waals surface area contributed by atoms with Crippen molar-refractivity contribution in [2.24, 2.45) is 5.92 Å². The van der Waals surface area contributed by atoms with Gasteiger partial charge in [0.05, 0.1) is 0 Å².